The van der Waals surface area contributed by atoms with Crippen LogP contribution in [0.1, 0.15) is 25.8 Å². The Labute approximate surface area is 211 Å². The fourth-order valence-corrected chi connectivity index (χ4v) is 6.35. The number of pyridine rings is 2. The molecule has 36 heavy (non-hydrogen) atoms. The zero-order chi connectivity index (χ0) is 25.5. The van der Waals surface area contributed by atoms with Crippen LogP contribution in [0.2, 0.25) is 0 Å². The van der Waals surface area contributed by atoms with Crippen LogP contribution in [0.5, 0.6) is 5.75 Å². The molecule has 5 rings (SSSR count). The van der Waals surface area contributed by atoms with E-state index in [-0.39, 0.29) is 22.8 Å². The van der Waals surface area contributed by atoms with E-state index < -0.39 is 17.2 Å². The van der Waals surface area contributed by atoms with E-state index in [0.29, 0.717) is 34.5 Å². The van der Waals surface area contributed by atoms with E-state index in [9.17, 15) is 4.39 Å². The number of nitrogens with zero attached hydrogens (tertiary/aromatic N) is 3. The maximum atomic E-state index is 15.2. The lowest BCUT2D eigenvalue weighted by molar-refractivity contribution is 0.184. The molecule has 186 valence electrons. The van der Waals surface area contributed by atoms with Gasteiger partial charge in [-0.1, -0.05) is 17.7 Å². The van der Waals surface area contributed by atoms with Gasteiger partial charge in [-0.3, -0.25) is 4.99 Å². The van der Waals surface area contributed by atoms with Crippen molar-refractivity contribution in [2.75, 3.05) is 25.6 Å². The van der Waals surface area contributed by atoms with Gasteiger partial charge < -0.3 is 20.5 Å². The number of methoxy groups -OCH3 is 1. The minimum absolute atomic E-state index is 0.0421. The second kappa shape index (κ2) is 9.22. The second-order valence-electron chi connectivity index (χ2n) is 9.02. The number of anilines is 2. The molecule has 1 fully saturated rings. The van der Waals surface area contributed by atoms with Gasteiger partial charge in [0.05, 0.1) is 23.1 Å². The van der Waals surface area contributed by atoms with Crippen molar-refractivity contribution in [1.29, 1.82) is 0 Å². The van der Waals surface area contributed by atoms with Crippen molar-refractivity contribution in [1.82, 2.24) is 9.97 Å². The molecule has 7 nitrogen and oxygen atoms in total. The summed E-state index contributed by atoms with van der Waals surface area (Å²) in [4.78, 5) is 13.4. The number of aliphatic imine (C=N–C) groups is 1. The Bertz CT molecular complexity index is 1440. The molecule has 1 aromatic carbocycles. The standard InChI is InChI=1S/C26H25F2N5O2S/c1-4-5-8-35-17-9-15-6-7-30-23(22(15)31-13-17)32-16-10-18(21(28)19(27)11-16)25(2)20-12-26(20,14-34-3)36-24(29)33-25/h6-7,9-11,13,20H,8,12,14H2,1-3H3,(H2,29,33)(H,30,32)/t20?,25-,26-/m1/s1. The highest BCUT2D eigenvalue weighted by Gasteiger charge is 2.66. The molecular formula is C26H25F2N5O2S. The molecule has 3 N–H and O–H groups in total. The first-order valence-corrected chi connectivity index (χ1v) is 12.2. The molecule has 1 aliphatic heterocycles. The van der Waals surface area contributed by atoms with Crippen molar-refractivity contribution in [3.63, 3.8) is 0 Å². The summed E-state index contributed by atoms with van der Waals surface area (Å²) in [5, 5.41) is 4.21. The summed E-state index contributed by atoms with van der Waals surface area (Å²) in [6, 6.07) is 6.29. The Morgan fingerprint density at radius 3 is 2.89 bits per heavy atom. The lowest BCUT2D eigenvalue weighted by Gasteiger charge is -2.34. The summed E-state index contributed by atoms with van der Waals surface area (Å²) in [5.41, 5.74) is 6.12. The lowest BCUT2D eigenvalue weighted by atomic mass is 9.85. The number of fused-ring (bicyclic) bond motifs is 2. The van der Waals surface area contributed by atoms with Gasteiger partial charge in [-0.2, -0.15) is 0 Å². The molecule has 0 amide bonds. The van der Waals surface area contributed by atoms with Crippen LogP contribution in [0.4, 0.5) is 20.3 Å². The number of hydrogen-bond acceptors (Lipinski definition) is 8. The number of amidine groups is 1. The topological polar surface area (TPSA) is 94.7 Å². The molecule has 3 heterocycles. The first-order valence-electron chi connectivity index (χ1n) is 11.4. The molecule has 1 aliphatic carbocycles. The fraction of sp³-hybridized carbons (Fsp3) is 0.346. The van der Waals surface area contributed by atoms with Crippen molar-refractivity contribution >= 4 is 39.3 Å². The van der Waals surface area contributed by atoms with Gasteiger partial charge in [-0.15, -0.1) is 5.92 Å². The highest BCUT2D eigenvalue weighted by Crippen LogP contribution is 2.66. The average molecular weight is 510 g/mol. The lowest BCUT2D eigenvalue weighted by Crippen LogP contribution is -2.37. The molecule has 3 aromatic rings. The number of hydrogen-bond donors (Lipinski definition) is 2. The molecule has 0 saturated heterocycles. The summed E-state index contributed by atoms with van der Waals surface area (Å²) < 4.78 is 40.8. The zero-order valence-corrected chi connectivity index (χ0v) is 20.9. The van der Waals surface area contributed by atoms with Gasteiger partial charge in [0.25, 0.3) is 0 Å². The maximum Gasteiger partial charge on any atom is 0.164 e. The van der Waals surface area contributed by atoms with E-state index in [1.807, 2.05) is 6.07 Å². The summed E-state index contributed by atoms with van der Waals surface area (Å²) in [6.45, 7) is 4.25. The zero-order valence-electron chi connectivity index (χ0n) is 20.1. The monoisotopic (exact) mass is 509 g/mol. The molecule has 1 unspecified atom stereocenters. The van der Waals surface area contributed by atoms with Crippen LogP contribution in [0.3, 0.4) is 0 Å². The number of thioether (sulfide) groups is 1. The largest absolute Gasteiger partial charge is 0.479 e. The summed E-state index contributed by atoms with van der Waals surface area (Å²) in [5.74, 6) is 4.61. The Kier molecular flexibility index (Phi) is 6.22. The predicted molar refractivity (Wildman–Crippen MR) is 137 cm³/mol. The van der Waals surface area contributed by atoms with Crippen molar-refractivity contribution in [3.05, 3.63) is 53.9 Å². The highest BCUT2D eigenvalue weighted by molar-refractivity contribution is 8.15. The van der Waals surface area contributed by atoms with Crippen LogP contribution < -0.4 is 15.8 Å². The average Bonchev–Trinajstić information content (AvgIpc) is 3.56. The number of benzene rings is 1. The number of nitrogens with one attached hydrogen (secondary N) is 1. The first-order chi connectivity index (χ1) is 17.3. The Morgan fingerprint density at radius 1 is 1.28 bits per heavy atom. The molecular weight excluding hydrogens is 484 g/mol. The minimum atomic E-state index is -1.03. The number of nitrogens with two attached hydrogens (primary N) is 1. The van der Waals surface area contributed by atoms with Gasteiger partial charge in [-0.05, 0) is 38.5 Å². The van der Waals surface area contributed by atoms with Gasteiger partial charge in [0.1, 0.15) is 17.9 Å². The smallest absolute Gasteiger partial charge is 0.164 e. The van der Waals surface area contributed by atoms with Gasteiger partial charge in [0, 0.05) is 41.9 Å². The number of ether oxygens (including phenoxy) is 2. The van der Waals surface area contributed by atoms with Gasteiger partial charge >= 0.3 is 0 Å². The second-order valence-corrected chi connectivity index (χ2v) is 10.5. The Morgan fingerprint density at radius 2 is 2.11 bits per heavy atom. The fourth-order valence-electron chi connectivity index (χ4n) is 4.90. The third-order valence-corrected chi connectivity index (χ3v) is 7.92. The van der Waals surface area contributed by atoms with Crippen LogP contribution >= 0.6 is 11.8 Å². The summed E-state index contributed by atoms with van der Waals surface area (Å²) >= 11 is 1.44. The minimum Gasteiger partial charge on any atom is -0.479 e. The first kappa shape index (κ1) is 24.3. The highest BCUT2D eigenvalue weighted by atomic mass is 32.2. The van der Waals surface area contributed by atoms with E-state index in [1.54, 1.807) is 45.5 Å². The molecule has 2 aromatic heterocycles. The summed E-state index contributed by atoms with van der Waals surface area (Å²) in [6.07, 6.45) is 3.93. The maximum absolute atomic E-state index is 15.2. The van der Waals surface area contributed by atoms with Crippen molar-refractivity contribution < 1.29 is 18.3 Å². The third-order valence-electron chi connectivity index (χ3n) is 6.64. The molecule has 0 bridgehead atoms. The normalized spacial score (nSPS) is 24.4. The van der Waals surface area contributed by atoms with Crippen LogP contribution in [0.25, 0.3) is 10.9 Å². The van der Waals surface area contributed by atoms with Gasteiger partial charge in [-0.25, -0.2) is 18.7 Å². The van der Waals surface area contributed by atoms with E-state index in [1.165, 1.54) is 11.8 Å². The molecule has 0 radical (unpaired) electrons. The third kappa shape index (κ3) is 4.22. The molecule has 1 saturated carbocycles. The Balaban J connectivity index is 1.50. The van der Waals surface area contributed by atoms with Crippen LogP contribution in [0, 0.1) is 29.4 Å². The summed E-state index contributed by atoms with van der Waals surface area (Å²) in [7, 11) is 1.62. The number of rotatable bonds is 7. The van der Waals surface area contributed by atoms with E-state index in [0.717, 1.165) is 17.9 Å². The van der Waals surface area contributed by atoms with Gasteiger partial charge in [0.2, 0.25) is 0 Å². The van der Waals surface area contributed by atoms with E-state index >= 15 is 4.39 Å². The predicted octanol–water partition coefficient (Wildman–Crippen LogP) is 4.74. The van der Waals surface area contributed by atoms with Crippen molar-refractivity contribution in [2.24, 2.45) is 16.6 Å². The SMILES string of the molecule is CC#CCOc1cnc2c(Nc3cc(F)c(F)c([C@@]4(C)N=C(N)S[C@@]5(COC)CC54)c3)nccc2c1. The van der Waals surface area contributed by atoms with E-state index in [4.69, 9.17) is 15.2 Å². The molecule has 0 spiro atoms. The molecule has 10 heteroatoms. The van der Waals surface area contributed by atoms with Crippen LogP contribution in [0.15, 0.2) is 41.7 Å². The molecule has 2 aliphatic rings. The van der Waals surface area contributed by atoms with Crippen LogP contribution in [-0.2, 0) is 10.3 Å². The number of halogens is 2. The van der Waals surface area contributed by atoms with Crippen molar-refractivity contribution in [3.8, 4) is 17.6 Å². The quantitative estimate of drug-likeness (QED) is 0.445. The van der Waals surface area contributed by atoms with Gasteiger partial charge in [0.15, 0.2) is 22.6 Å². The van der Waals surface area contributed by atoms with Crippen molar-refractivity contribution in [2.45, 2.75) is 30.6 Å². The van der Waals surface area contributed by atoms with Crippen LogP contribution in [-0.4, -0.2) is 40.2 Å². The Hall–Kier alpha value is -3.42. The molecule has 3 atom stereocenters. The number of aromatic nitrogens is 2. The van der Waals surface area contributed by atoms with E-state index in [2.05, 4.69) is 32.1 Å².